The third kappa shape index (κ3) is 7.41. The molecule has 1 aliphatic rings. The number of unbranched alkanes of at least 4 members (excludes halogenated alkanes) is 8. The Labute approximate surface area is 115 Å². The molecule has 1 heteroatoms. The van der Waals surface area contributed by atoms with Crippen LogP contribution in [0.5, 0.6) is 0 Å². The molecule has 1 heterocycles. The third-order valence-corrected chi connectivity index (χ3v) is 4.53. The molecule has 108 valence electrons. The lowest BCUT2D eigenvalue weighted by Gasteiger charge is -2.15. The molecule has 0 aliphatic carbocycles. The standard InChI is InChI=1S/C17H35N/c1-3-5-6-7-8-9-10-11-12-14-18-15-13-17(4-2)16-18/h17H,3-16H2,1-2H3. The summed E-state index contributed by atoms with van der Waals surface area (Å²) in [6.45, 7) is 8.75. The van der Waals surface area contributed by atoms with Crippen LogP contribution in [-0.4, -0.2) is 24.5 Å². The Morgan fingerprint density at radius 2 is 1.44 bits per heavy atom. The quantitative estimate of drug-likeness (QED) is 0.455. The van der Waals surface area contributed by atoms with E-state index in [9.17, 15) is 0 Å². The van der Waals surface area contributed by atoms with Crippen molar-refractivity contribution >= 4 is 0 Å². The van der Waals surface area contributed by atoms with Crippen molar-refractivity contribution in [2.75, 3.05) is 19.6 Å². The van der Waals surface area contributed by atoms with E-state index in [1.54, 1.807) is 0 Å². The molecule has 1 fully saturated rings. The molecule has 0 radical (unpaired) electrons. The van der Waals surface area contributed by atoms with Gasteiger partial charge in [-0.05, 0) is 31.8 Å². The zero-order chi connectivity index (χ0) is 13.1. The van der Waals surface area contributed by atoms with Gasteiger partial charge in [-0.15, -0.1) is 0 Å². The van der Waals surface area contributed by atoms with Gasteiger partial charge in [-0.1, -0.05) is 71.6 Å². The van der Waals surface area contributed by atoms with Gasteiger partial charge in [0.25, 0.3) is 0 Å². The van der Waals surface area contributed by atoms with Crippen LogP contribution in [0.4, 0.5) is 0 Å². The summed E-state index contributed by atoms with van der Waals surface area (Å²) in [5.74, 6) is 1.00. The van der Waals surface area contributed by atoms with E-state index in [0.29, 0.717) is 0 Å². The Hall–Kier alpha value is -0.0400. The van der Waals surface area contributed by atoms with E-state index >= 15 is 0 Å². The zero-order valence-corrected chi connectivity index (χ0v) is 12.9. The third-order valence-electron chi connectivity index (χ3n) is 4.53. The molecule has 0 N–H and O–H groups in total. The largest absolute Gasteiger partial charge is 0.303 e. The normalized spacial score (nSPS) is 20.7. The van der Waals surface area contributed by atoms with Crippen LogP contribution in [0.2, 0.25) is 0 Å². The fourth-order valence-corrected chi connectivity index (χ4v) is 3.10. The van der Waals surface area contributed by atoms with Gasteiger partial charge in [0.2, 0.25) is 0 Å². The first-order chi connectivity index (χ1) is 8.86. The van der Waals surface area contributed by atoms with Crippen molar-refractivity contribution < 1.29 is 0 Å². The Bertz CT molecular complexity index is 178. The Morgan fingerprint density at radius 1 is 0.833 bits per heavy atom. The van der Waals surface area contributed by atoms with Crippen LogP contribution >= 0.6 is 0 Å². The first-order valence-corrected chi connectivity index (χ1v) is 8.59. The van der Waals surface area contributed by atoms with Crippen LogP contribution in [0.15, 0.2) is 0 Å². The van der Waals surface area contributed by atoms with Crippen LogP contribution in [0.3, 0.4) is 0 Å². The number of hydrogen-bond donors (Lipinski definition) is 0. The molecule has 0 bridgehead atoms. The van der Waals surface area contributed by atoms with E-state index in [1.165, 1.54) is 90.3 Å². The van der Waals surface area contributed by atoms with Crippen molar-refractivity contribution in [3.05, 3.63) is 0 Å². The molecule has 0 aromatic carbocycles. The highest BCUT2D eigenvalue weighted by Crippen LogP contribution is 2.19. The number of hydrogen-bond acceptors (Lipinski definition) is 1. The van der Waals surface area contributed by atoms with Crippen LogP contribution < -0.4 is 0 Å². The van der Waals surface area contributed by atoms with Crippen LogP contribution in [0.25, 0.3) is 0 Å². The predicted octanol–water partition coefficient (Wildman–Crippen LogP) is 5.25. The summed E-state index contributed by atoms with van der Waals surface area (Å²) in [6, 6.07) is 0. The fourth-order valence-electron chi connectivity index (χ4n) is 3.10. The van der Waals surface area contributed by atoms with Gasteiger partial charge < -0.3 is 4.90 Å². The molecular formula is C17H35N. The molecule has 0 aromatic rings. The second kappa shape index (κ2) is 10.8. The second-order valence-electron chi connectivity index (χ2n) is 6.19. The lowest BCUT2D eigenvalue weighted by molar-refractivity contribution is 0.313. The average molecular weight is 253 g/mol. The van der Waals surface area contributed by atoms with Gasteiger partial charge in [-0.2, -0.15) is 0 Å². The summed E-state index contributed by atoms with van der Waals surface area (Å²) >= 11 is 0. The minimum atomic E-state index is 1.00. The van der Waals surface area contributed by atoms with Crippen molar-refractivity contribution in [1.82, 2.24) is 4.90 Å². The second-order valence-corrected chi connectivity index (χ2v) is 6.19. The molecule has 18 heavy (non-hydrogen) atoms. The van der Waals surface area contributed by atoms with Crippen molar-refractivity contribution in [2.45, 2.75) is 84.5 Å². The summed E-state index contributed by atoms with van der Waals surface area (Å²) < 4.78 is 0. The summed E-state index contributed by atoms with van der Waals surface area (Å²) in [6.07, 6.45) is 15.9. The number of nitrogens with zero attached hydrogens (tertiary/aromatic N) is 1. The number of rotatable bonds is 11. The summed E-state index contributed by atoms with van der Waals surface area (Å²) in [5, 5.41) is 0. The van der Waals surface area contributed by atoms with Gasteiger partial charge in [0.15, 0.2) is 0 Å². The summed E-state index contributed by atoms with van der Waals surface area (Å²) in [7, 11) is 0. The molecule has 1 rings (SSSR count). The molecular weight excluding hydrogens is 218 g/mol. The Kier molecular flexibility index (Phi) is 9.65. The highest BCUT2D eigenvalue weighted by molar-refractivity contribution is 4.74. The number of likely N-dealkylation sites (tertiary alicyclic amines) is 1. The van der Waals surface area contributed by atoms with E-state index in [4.69, 9.17) is 0 Å². The Balaban J connectivity index is 1.79. The minimum Gasteiger partial charge on any atom is -0.303 e. The maximum Gasteiger partial charge on any atom is 0.00100 e. The molecule has 1 nitrogen and oxygen atoms in total. The topological polar surface area (TPSA) is 3.24 Å². The van der Waals surface area contributed by atoms with E-state index in [2.05, 4.69) is 18.7 Å². The van der Waals surface area contributed by atoms with Gasteiger partial charge in [-0.3, -0.25) is 0 Å². The lowest BCUT2D eigenvalue weighted by atomic mass is 10.1. The van der Waals surface area contributed by atoms with Crippen molar-refractivity contribution in [3.63, 3.8) is 0 Å². The Morgan fingerprint density at radius 3 is 2.00 bits per heavy atom. The van der Waals surface area contributed by atoms with Crippen LogP contribution in [0, 0.1) is 5.92 Å². The SMILES string of the molecule is CCCCCCCCCCCN1CCC(CC)C1. The molecule has 0 saturated carbocycles. The molecule has 1 saturated heterocycles. The lowest BCUT2D eigenvalue weighted by Crippen LogP contribution is -2.21. The average Bonchev–Trinajstić information content (AvgIpc) is 2.85. The molecule has 1 unspecified atom stereocenters. The van der Waals surface area contributed by atoms with Crippen molar-refractivity contribution in [2.24, 2.45) is 5.92 Å². The van der Waals surface area contributed by atoms with E-state index in [-0.39, 0.29) is 0 Å². The predicted molar refractivity (Wildman–Crippen MR) is 82.1 cm³/mol. The van der Waals surface area contributed by atoms with Gasteiger partial charge in [0, 0.05) is 6.54 Å². The van der Waals surface area contributed by atoms with Gasteiger partial charge in [0.1, 0.15) is 0 Å². The molecule has 1 aliphatic heterocycles. The molecule has 0 aromatic heterocycles. The van der Waals surface area contributed by atoms with E-state index in [1.807, 2.05) is 0 Å². The fraction of sp³-hybridized carbons (Fsp3) is 1.00. The highest BCUT2D eigenvalue weighted by Gasteiger charge is 2.19. The first kappa shape index (κ1) is 16.0. The summed E-state index contributed by atoms with van der Waals surface area (Å²) in [5.41, 5.74) is 0. The smallest absolute Gasteiger partial charge is 0.00100 e. The monoisotopic (exact) mass is 253 g/mol. The molecule has 0 amide bonds. The maximum atomic E-state index is 2.69. The highest BCUT2D eigenvalue weighted by atomic mass is 15.1. The minimum absolute atomic E-state index is 1.00. The van der Waals surface area contributed by atoms with E-state index in [0.717, 1.165) is 5.92 Å². The van der Waals surface area contributed by atoms with Gasteiger partial charge in [0.05, 0.1) is 0 Å². The van der Waals surface area contributed by atoms with Gasteiger partial charge in [-0.25, -0.2) is 0 Å². The van der Waals surface area contributed by atoms with E-state index < -0.39 is 0 Å². The summed E-state index contributed by atoms with van der Waals surface area (Å²) in [4.78, 5) is 2.69. The van der Waals surface area contributed by atoms with Gasteiger partial charge >= 0.3 is 0 Å². The van der Waals surface area contributed by atoms with Crippen molar-refractivity contribution in [1.29, 1.82) is 0 Å². The van der Waals surface area contributed by atoms with Crippen LogP contribution in [-0.2, 0) is 0 Å². The van der Waals surface area contributed by atoms with Crippen LogP contribution in [0.1, 0.15) is 84.5 Å². The van der Waals surface area contributed by atoms with Crippen molar-refractivity contribution in [3.8, 4) is 0 Å². The molecule has 0 spiro atoms. The maximum absolute atomic E-state index is 2.69. The first-order valence-electron chi connectivity index (χ1n) is 8.59. The molecule has 1 atom stereocenters. The zero-order valence-electron chi connectivity index (χ0n) is 12.9.